The van der Waals surface area contributed by atoms with E-state index in [1.807, 2.05) is 0 Å². The predicted octanol–water partition coefficient (Wildman–Crippen LogP) is 4.21. The summed E-state index contributed by atoms with van der Waals surface area (Å²) in [7, 11) is 3.45. The number of hydrazine groups is 1. The predicted molar refractivity (Wildman–Crippen MR) is 89.4 cm³/mol. The zero-order valence-corrected chi connectivity index (χ0v) is 15.9. The summed E-state index contributed by atoms with van der Waals surface area (Å²) in [6, 6.07) is 0. The fourth-order valence-corrected chi connectivity index (χ4v) is 5.71. The third kappa shape index (κ3) is 2.12. The molecule has 1 aliphatic rings. The quantitative estimate of drug-likeness (QED) is 0.566. The Balaban J connectivity index is 3.47. The maximum atomic E-state index is 3.65. The van der Waals surface area contributed by atoms with E-state index in [-0.39, 0.29) is 16.4 Å². The summed E-state index contributed by atoms with van der Waals surface area (Å²) in [6.07, 6.45) is 4.95. The van der Waals surface area contributed by atoms with Gasteiger partial charge in [-0.25, -0.2) is 0 Å². The van der Waals surface area contributed by atoms with Crippen molar-refractivity contribution in [1.82, 2.24) is 10.5 Å². The Bertz CT molecular complexity index is 328. The van der Waals surface area contributed by atoms with Crippen LogP contribution in [0.15, 0.2) is 0 Å². The first-order valence-electron chi connectivity index (χ1n) is 8.25. The van der Waals surface area contributed by atoms with Crippen molar-refractivity contribution in [1.29, 1.82) is 0 Å². The van der Waals surface area contributed by atoms with Crippen molar-refractivity contribution in [2.45, 2.75) is 86.6 Å². The molecular formula is C17H35N2Si. The molecule has 3 radical (unpaired) electrons. The largest absolute Gasteiger partial charge is 0.283 e. The van der Waals surface area contributed by atoms with Crippen molar-refractivity contribution in [3.05, 3.63) is 0 Å². The highest BCUT2D eigenvalue weighted by Gasteiger charge is 2.70. The van der Waals surface area contributed by atoms with Crippen molar-refractivity contribution in [3.8, 4) is 0 Å². The van der Waals surface area contributed by atoms with Crippen LogP contribution in [0.25, 0.3) is 0 Å². The van der Waals surface area contributed by atoms with Gasteiger partial charge in [-0.2, -0.15) is 0 Å². The molecule has 0 spiro atoms. The van der Waals surface area contributed by atoms with Gasteiger partial charge >= 0.3 is 0 Å². The van der Waals surface area contributed by atoms with Crippen LogP contribution in [0, 0.1) is 22.2 Å². The molecule has 2 atom stereocenters. The lowest BCUT2D eigenvalue weighted by atomic mass is 9.59. The molecule has 2 unspecified atom stereocenters. The number of nitrogens with one attached hydrogen (secondary N) is 2. The first-order chi connectivity index (χ1) is 9.06. The highest BCUT2D eigenvalue weighted by atomic mass is 28.2. The average molecular weight is 296 g/mol. The Morgan fingerprint density at radius 1 is 0.900 bits per heavy atom. The molecule has 1 saturated carbocycles. The van der Waals surface area contributed by atoms with Crippen LogP contribution in [-0.4, -0.2) is 15.9 Å². The van der Waals surface area contributed by atoms with E-state index in [9.17, 15) is 0 Å². The second kappa shape index (κ2) is 5.73. The van der Waals surface area contributed by atoms with Crippen molar-refractivity contribution < 1.29 is 0 Å². The van der Waals surface area contributed by atoms with Crippen LogP contribution < -0.4 is 10.5 Å². The minimum absolute atomic E-state index is 0.0832. The monoisotopic (exact) mass is 295 g/mol. The van der Waals surface area contributed by atoms with Crippen LogP contribution in [-0.2, 0) is 0 Å². The highest BCUT2D eigenvalue weighted by Crippen LogP contribution is 2.70. The minimum atomic E-state index is 0.0832. The molecule has 20 heavy (non-hydrogen) atoms. The highest BCUT2D eigenvalue weighted by molar-refractivity contribution is 6.03. The van der Waals surface area contributed by atoms with Gasteiger partial charge in [-0.3, -0.25) is 10.5 Å². The molecule has 1 rings (SSSR count). The smallest absolute Gasteiger partial charge is 0.161 e. The van der Waals surface area contributed by atoms with E-state index in [4.69, 9.17) is 0 Å². The Morgan fingerprint density at radius 3 is 1.85 bits per heavy atom. The van der Waals surface area contributed by atoms with E-state index in [0.29, 0.717) is 11.3 Å². The second-order valence-electron chi connectivity index (χ2n) is 8.31. The molecule has 0 aromatic rings. The zero-order valence-electron chi connectivity index (χ0n) is 14.9. The molecule has 2 N–H and O–H groups in total. The zero-order chi connectivity index (χ0) is 15.8. The number of rotatable bonds is 6. The summed E-state index contributed by atoms with van der Waals surface area (Å²) in [6.45, 7) is 19.4. The Kier molecular flexibility index (Phi) is 5.21. The van der Waals surface area contributed by atoms with Gasteiger partial charge in [0.25, 0.3) is 0 Å². The average Bonchev–Trinajstić information content (AvgIpc) is 2.40. The molecule has 0 heterocycles. The van der Waals surface area contributed by atoms with Gasteiger partial charge in [0.1, 0.15) is 0 Å². The molecule has 0 aliphatic heterocycles. The van der Waals surface area contributed by atoms with Gasteiger partial charge in [0.15, 0.2) is 10.4 Å². The topological polar surface area (TPSA) is 24.1 Å². The van der Waals surface area contributed by atoms with Gasteiger partial charge in [0.2, 0.25) is 0 Å². The van der Waals surface area contributed by atoms with E-state index in [2.05, 4.69) is 76.3 Å². The van der Waals surface area contributed by atoms with Crippen molar-refractivity contribution >= 4 is 10.4 Å². The van der Waals surface area contributed by atoms with E-state index in [1.54, 1.807) is 0 Å². The first-order valence-corrected chi connectivity index (χ1v) is 8.75. The summed E-state index contributed by atoms with van der Waals surface area (Å²) >= 11 is 0. The van der Waals surface area contributed by atoms with E-state index >= 15 is 0 Å². The molecule has 0 aromatic heterocycles. The Labute approximate surface area is 130 Å². The molecule has 0 bridgehead atoms. The SMILES string of the molecule is CCCC1C(C)(C)C(C)(C)C(CCC)(NN[Si])C1(C)C. The molecule has 1 fully saturated rings. The summed E-state index contributed by atoms with van der Waals surface area (Å²) < 4.78 is 0. The Hall–Kier alpha value is 0.137. The molecule has 3 heteroatoms. The van der Waals surface area contributed by atoms with Crippen LogP contribution in [0.1, 0.15) is 81.1 Å². The first kappa shape index (κ1) is 18.2. The van der Waals surface area contributed by atoms with Crippen LogP contribution in [0.3, 0.4) is 0 Å². The fraction of sp³-hybridized carbons (Fsp3) is 1.00. The Morgan fingerprint density at radius 2 is 1.45 bits per heavy atom. The second-order valence-corrected chi connectivity index (χ2v) is 8.56. The van der Waals surface area contributed by atoms with Crippen LogP contribution in [0.2, 0.25) is 0 Å². The van der Waals surface area contributed by atoms with Crippen molar-refractivity contribution in [3.63, 3.8) is 0 Å². The molecule has 1 aliphatic carbocycles. The summed E-state index contributed by atoms with van der Waals surface area (Å²) in [5.74, 6) is 0.717. The number of hydrogen-bond donors (Lipinski definition) is 2. The number of hydrogen-bond acceptors (Lipinski definition) is 2. The molecule has 117 valence electrons. The minimum Gasteiger partial charge on any atom is -0.283 e. The standard InChI is InChI=1S/C17H35N2Si/c1-9-11-13-14(3,4)16(7,8)17(12-10-2,18-19-20)15(13,5)6/h13,18-19H,9-12H2,1-8H3. The van der Waals surface area contributed by atoms with E-state index in [0.717, 1.165) is 0 Å². The normalized spacial score (nSPS) is 34.4. The van der Waals surface area contributed by atoms with Gasteiger partial charge in [-0.1, -0.05) is 68.2 Å². The summed E-state index contributed by atoms with van der Waals surface area (Å²) in [4.78, 5) is 0. The maximum absolute atomic E-state index is 3.65. The fourth-order valence-electron chi connectivity index (χ4n) is 5.50. The van der Waals surface area contributed by atoms with Crippen LogP contribution >= 0.6 is 0 Å². The van der Waals surface area contributed by atoms with Crippen LogP contribution in [0.4, 0.5) is 0 Å². The molecule has 0 amide bonds. The van der Waals surface area contributed by atoms with Gasteiger partial charge in [-0.05, 0) is 35.0 Å². The van der Waals surface area contributed by atoms with Gasteiger partial charge in [0.05, 0.1) is 0 Å². The lowest BCUT2D eigenvalue weighted by molar-refractivity contribution is 0.0137. The third-order valence-corrected chi connectivity index (χ3v) is 7.12. The van der Waals surface area contributed by atoms with Gasteiger partial charge in [0, 0.05) is 5.54 Å². The summed E-state index contributed by atoms with van der Waals surface area (Å²) in [5, 5.41) is 3.10. The van der Waals surface area contributed by atoms with Gasteiger partial charge in [-0.15, -0.1) is 0 Å². The molecular weight excluding hydrogens is 260 g/mol. The lowest BCUT2D eigenvalue weighted by Gasteiger charge is -2.52. The maximum Gasteiger partial charge on any atom is 0.161 e. The lowest BCUT2D eigenvalue weighted by Crippen LogP contribution is -2.65. The van der Waals surface area contributed by atoms with Crippen LogP contribution in [0.5, 0.6) is 0 Å². The third-order valence-electron chi connectivity index (χ3n) is 7.00. The van der Waals surface area contributed by atoms with Gasteiger partial charge < -0.3 is 0 Å². The summed E-state index contributed by atoms with van der Waals surface area (Å²) in [5.41, 5.74) is 4.48. The van der Waals surface area contributed by atoms with E-state index < -0.39 is 0 Å². The van der Waals surface area contributed by atoms with E-state index in [1.165, 1.54) is 25.7 Å². The van der Waals surface area contributed by atoms with Crippen molar-refractivity contribution in [2.75, 3.05) is 0 Å². The molecule has 0 saturated heterocycles. The molecule has 2 nitrogen and oxygen atoms in total. The van der Waals surface area contributed by atoms with Crippen molar-refractivity contribution in [2.24, 2.45) is 22.2 Å². The molecule has 0 aromatic carbocycles.